The van der Waals surface area contributed by atoms with Gasteiger partial charge in [0, 0.05) is 29.9 Å². The molecule has 2 aromatic rings. The number of fused-ring (bicyclic) bond motifs is 1. The normalized spacial score (nSPS) is 22.4. The van der Waals surface area contributed by atoms with Gasteiger partial charge in [-0.3, -0.25) is 10.1 Å². The lowest BCUT2D eigenvalue weighted by molar-refractivity contribution is 0.0981. The van der Waals surface area contributed by atoms with Gasteiger partial charge in [-0.05, 0) is 45.1 Å². The van der Waals surface area contributed by atoms with Crippen LogP contribution in [-0.4, -0.2) is 47.6 Å². The molecule has 9 nitrogen and oxygen atoms in total. The Morgan fingerprint density at radius 2 is 2.14 bits per heavy atom. The summed E-state index contributed by atoms with van der Waals surface area (Å²) >= 11 is 0. The number of anilines is 2. The fourth-order valence-electron chi connectivity index (χ4n) is 3.95. The fraction of sp³-hybridized carbons (Fsp3) is 0.526. The summed E-state index contributed by atoms with van der Waals surface area (Å²) in [5.41, 5.74) is 2.39. The molecule has 0 radical (unpaired) electrons. The number of aromatic nitrogens is 3. The van der Waals surface area contributed by atoms with Gasteiger partial charge in [0.2, 0.25) is 0 Å². The summed E-state index contributed by atoms with van der Waals surface area (Å²) in [6, 6.07) is 1.97. The van der Waals surface area contributed by atoms with Crippen molar-refractivity contribution in [2.24, 2.45) is 0 Å². The molecule has 29 heavy (non-hydrogen) atoms. The van der Waals surface area contributed by atoms with E-state index in [2.05, 4.69) is 25.8 Å². The van der Waals surface area contributed by atoms with Crippen molar-refractivity contribution in [3.05, 3.63) is 29.7 Å². The summed E-state index contributed by atoms with van der Waals surface area (Å²) in [4.78, 5) is 16.1. The van der Waals surface area contributed by atoms with Gasteiger partial charge in [-0.2, -0.15) is 5.10 Å². The number of amides is 1. The van der Waals surface area contributed by atoms with Crippen molar-refractivity contribution in [3.8, 4) is 0 Å². The molecule has 0 spiro atoms. The van der Waals surface area contributed by atoms with E-state index in [-0.39, 0.29) is 29.9 Å². The Morgan fingerprint density at radius 1 is 1.31 bits per heavy atom. The van der Waals surface area contributed by atoms with Crippen LogP contribution in [0.25, 0.3) is 0 Å². The number of hydrogen-bond donors (Lipinski definition) is 3. The van der Waals surface area contributed by atoms with E-state index in [1.807, 2.05) is 19.9 Å². The van der Waals surface area contributed by atoms with E-state index >= 15 is 0 Å². The van der Waals surface area contributed by atoms with Gasteiger partial charge in [0.15, 0.2) is 15.7 Å². The van der Waals surface area contributed by atoms with Crippen LogP contribution >= 0.6 is 0 Å². The summed E-state index contributed by atoms with van der Waals surface area (Å²) < 4.78 is 29.6. The molecule has 2 aromatic heterocycles. The molecular formula is C19H25N5O4S. The van der Waals surface area contributed by atoms with E-state index in [4.69, 9.17) is 4.74 Å². The summed E-state index contributed by atoms with van der Waals surface area (Å²) in [7, 11) is -3.23. The lowest BCUT2D eigenvalue weighted by Crippen LogP contribution is -2.33. The van der Waals surface area contributed by atoms with E-state index in [1.165, 1.54) is 6.20 Å². The molecule has 1 aliphatic heterocycles. The first-order valence-electron chi connectivity index (χ1n) is 9.81. The van der Waals surface area contributed by atoms with Crippen LogP contribution in [0.2, 0.25) is 0 Å². The number of rotatable bonds is 5. The summed E-state index contributed by atoms with van der Waals surface area (Å²) in [5.74, 6) is 0.957. The zero-order chi connectivity index (χ0) is 20.6. The molecule has 2 atom stereocenters. The number of sulfone groups is 1. The van der Waals surface area contributed by atoms with Gasteiger partial charge < -0.3 is 15.4 Å². The maximum Gasteiger partial charge on any atom is 0.407 e. The lowest BCUT2D eigenvalue weighted by atomic mass is 10.0. The van der Waals surface area contributed by atoms with Gasteiger partial charge in [-0.1, -0.05) is 0 Å². The molecule has 1 aliphatic carbocycles. The van der Waals surface area contributed by atoms with Gasteiger partial charge in [0.05, 0.1) is 22.5 Å². The van der Waals surface area contributed by atoms with Gasteiger partial charge in [-0.15, -0.1) is 0 Å². The van der Waals surface area contributed by atoms with Crippen LogP contribution in [0.15, 0.2) is 23.4 Å². The van der Waals surface area contributed by atoms with Gasteiger partial charge in [0.25, 0.3) is 0 Å². The van der Waals surface area contributed by atoms with Crippen molar-refractivity contribution in [3.63, 3.8) is 0 Å². The molecule has 1 saturated carbocycles. The first kappa shape index (κ1) is 19.7. The number of hydrogen-bond acceptors (Lipinski definition) is 7. The van der Waals surface area contributed by atoms with E-state index in [9.17, 15) is 13.2 Å². The number of aromatic amines is 1. The van der Waals surface area contributed by atoms with Crippen molar-refractivity contribution in [1.29, 1.82) is 0 Å². The molecule has 1 amide bonds. The zero-order valence-electron chi connectivity index (χ0n) is 16.4. The molecule has 4 rings (SSSR count). The van der Waals surface area contributed by atoms with Gasteiger partial charge in [0.1, 0.15) is 6.10 Å². The molecule has 0 aromatic carbocycles. The third-order valence-corrected chi connectivity index (χ3v) is 7.10. The van der Waals surface area contributed by atoms with Crippen LogP contribution in [0.3, 0.4) is 0 Å². The van der Waals surface area contributed by atoms with Gasteiger partial charge in [-0.25, -0.2) is 13.2 Å². The Bertz CT molecular complexity index is 1020. The Labute approximate surface area is 169 Å². The summed E-state index contributed by atoms with van der Waals surface area (Å²) in [6.07, 6.45) is 5.48. The second kappa shape index (κ2) is 7.66. The van der Waals surface area contributed by atoms with E-state index in [1.54, 1.807) is 6.20 Å². The maximum absolute atomic E-state index is 12.1. The topological polar surface area (TPSA) is 126 Å². The number of carbonyl (C=O) groups excluding carboxylic acids is 1. The second-order valence-corrected chi connectivity index (χ2v) is 9.98. The van der Waals surface area contributed by atoms with Crippen molar-refractivity contribution in [2.75, 3.05) is 11.1 Å². The molecule has 156 valence electrons. The molecule has 1 fully saturated rings. The zero-order valence-corrected chi connectivity index (χ0v) is 17.3. The summed E-state index contributed by atoms with van der Waals surface area (Å²) in [6.45, 7) is 3.79. The molecule has 0 bridgehead atoms. The van der Waals surface area contributed by atoms with Crippen LogP contribution < -0.4 is 10.6 Å². The number of pyridine rings is 1. The number of nitrogens with zero attached hydrogens (tertiary/aromatic N) is 2. The second-order valence-electron chi connectivity index (χ2n) is 7.90. The first-order chi connectivity index (χ1) is 13.8. The largest absolute Gasteiger partial charge is 0.446 e. The highest BCUT2D eigenvalue weighted by molar-refractivity contribution is 7.91. The number of carbonyl (C=O) groups is 1. The minimum absolute atomic E-state index is 0.0462. The lowest BCUT2D eigenvalue weighted by Gasteiger charge is -2.14. The highest BCUT2D eigenvalue weighted by Crippen LogP contribution is 2.37. The molecule has 3 N–H and O–H groups in total. The van der Waals surface area contributed by atoms with Crippen LogP contribution in [0, 0.1) is 0 Å². The first-order valence-corrected chi connectivity index (χ1v) is 11.5. The number of H-pyrrole nitrogens is 1. The average Bonchev–Trinajstić information content (AvgIpc) is 3.35. The fourth-order valence-corrected chi connectivity index (χ4v) is 5.45. The third kappa shape index (κ3) is 4.21. The van der Waals surface area contributed by atoms with E-state index < -0.39 is 9.84 Å². The van der Waals surface area contributed by atoms with E-state index in [0.29, 0.717) is 22.8 Å². The molecule has 2 aliphatic rings. The Hall–Kier alpha value is -2.62. The van der Waals surface area contributed by atoms with Crippen LogP contribution in [-0.2, 0) is 21.0 Å². The minimum Gasteiger partial charge on any atom is -0.446 e. The third-order valence-electron chi connectivity index (χ3n) is 5.34. The molecule has 3 heterocycles. The maximum atomic E-state index is 12.1. The van der Waals surface area contributed by atoms with Crippen molar-refractivity contribution < 1.29 is 17.9 Å². The standard InChI is InChI=1S/C19H25N5O4S/c1-11(2)21-19(25)28-13-4-3-12(7-13)15-8-18(24-23-15)22-16-9-20-10-17-14(16)5-6-29(17,26)27/h8-13H,3-7H2,1-2H3,(H,21,25)(H2,22,23,24)/t12-,13+/m0/s1. The molecule has 0 unspecified atom stereocenters. The SMILES string of the molecule is CC(C)NC(=O)O[C@@H]1CC[C@H](c2cc(Nc3cncc4c3CCS4(=O)=O)n[nH]2)C1. The van der Waals surface area contributed by atoms with Gasteiger partial charge >= 0.3 is 6.09 Å². The highest BCUT2D eigenvalue weighted by atomic mass is 32.2. The molecule has 0 saturated heterocycles. The highest BCUT2D eigenvalue weighted by Gasteiger charge is 2.31. The monoisotopic (exact) mass is 419 g/mol. The Morgan fingerprint density at radius 3 is 2.93 bits per heavy atom. The number of alkyl carbamates (subject to hydrolysis) is 1. The predicted octanol–water partition coefficient (Wildman–Crippen LogP) is 2.65. The summed E-state index contributed by atoms with van der Waals surface area (Å²) in [5, 5.41) is 13.3. The van der Waals surface area contributed by atoms with Crippen LogP contribution in [0.1, 0.15) is 50.3 Å². The number of ether oxygens (including phenoxy) is 1. The number of nitrogens with one attached hydrogen (secondary N) is 3. The van der Waals surface area contributed by atoms with Crippen LogP contribution in [0.5, 0.6) is 0 Å². The Kier molecular flexibility index (Phi) is 5.20. The Balaban J connectivity index is 1.40. The smallest absolute Gasteiger partial charge is 0.407 e. The predicted molar refractivity (Wildman–Crippen MR) is 107 cm³/mol. The van der Waals surface area contributed by atoms with Crippen molar-refractivity contribution >= 4 is 27.4 Å². The molecule has 10 heteroatoms. The van der Waals surface area contributed by atoms with Crippen LogP contribution in [0.4, 0.5) is 16.3 Å². The molecular weight excluding hydrogens is 394 g/mol. The van der Waals surface area contributed by atoms with E-state index in [0.717, 1.165) is 30.5 Å². The van der Waals surface area contributed by atoms with Crippen molar-refractivity contribution in [2.45, 2.75) is 62.5 Å². The minimum atomic E-state index is -3.23. The van der Waals surface area contributed by atoms with Crippen molar-refractivity contribution in [1.82, 2.24) is 20.5 Å². The average molecular weight is 420 g/mol. The quantitative estimate of drug-likeness (QED) is 0.680.